The van der Waals surface area contributed by atoms with E-state index in [0.717, 1.165) is 26.0 Å². The molecule has 3 rings (SSSR count). The van der Waals surface area contributed by atoms with E-state index in [9.17, 15) is 9.59 Å². The van der Waals surface area contributed by atoms with Crippen LogP contribution in [0.25, 0.3) is 0 Å². The van der Waals surface area contributed by atoms with Gasteiger partial charge in [-0.3, -0.25) is 14.3 Å². The van der Waals surface area contributed by atoms with Gasteiger partial charge in [0, 0.05) is 44.5 Å². The maximum atomic E-state index is 12.1. The van der Waals surface area contributed by atoms with Gasteiger partial charge in [0.15, 0.2) is 0 Å². The van der Waals surface area contributed by atoms with E-state index in [2.05, 4.69) is 4.90 Å². The van der Waals surface area contributed by atoms with Crippen molar-refractivity contribution in [2.45, 2.75) is 24.9 Å². The quantitative estimate of drug-likeness (QED) is 0.720. The molecule has 0 N–H and O–H groups in total. The van der Waals surface area contributed by atoms with Crippen LogP contribution in [0.2, 0.25) is 0 Å². The van der Waals surface area contributed by atoms with Crippen molar-refractivity contribution in [2.24, 2.45) is 14.1 Å². The Labute approximate surface area is 111 Å². The van der Waals surface area contributed by atoms with Gasteiger partial charge in [0.05, 0.1) is 13.2 Å². The molecule has 19 heavy (non-hydrogen) atoms. The Balaban J connectivity index is 1.91. The fourth-order valence-electron chi connectivity index (χ4n) is 2.81. The van der Waals surface area contributed by atoms with Gasteiger partial charge in [-0.05, 0) is 12.8 Å². The Morgan fingerprint density at radius 3 is 2.74 bits per heavy atom. The molecule has 6 nitrogen and oxygen atoms in total. The maximum absolute atomic E-state index is 12.1. The summed E-state index contributed by atoms with van der Waals surface area (Å²) in [7, 11) is 3.21. The molecule has 104 valence electrons. The molecule has 0 aromatic carbocycles. The van der Waals surface area contributed by atoms with Crippen molar-refractivity contribution in [1.29, 1.82) is 0 Å². The molecule has 1 spiro atoms. The molecule has 2 aliphatic rings. The number of hydrogen-bond acceptors (Lipinski definition) is 4. The normalized spacial score (nSPS) is 21.8. The fraction of sp³-hybridized carbons (Fsp3) is 0.692. The van der Waals surface area contributed by atoms with E-state index >= 15 is 0 Å². The predicted octanol–water partition coefficient (Wildman–Crippen LogP) is -0.551. The van der Waals surface area contributed by atoms with Crippen molar-refractivity contribution in [3.05, 3.63) is 32.6 Å². The molecule has 0 amide bonds. The number of rotatable bonds is 2. The molecule has 6 heteroatoms. The summed E-state index contributed by atoms with van der Waals surface area (Å²) in [6, 6.07) is 0. The molecule has 1 aliphatic carbocycles. The van der Waals surface area contributed by atoms with Crippen molar-refractivity contribution < 1.29 is 4.74 Å². The number of morpholine rings is 1. The molecule has 2 fully saturated rings. The minimum Gasteiger partial charge on any atom is -0.378 e. The van der Waals surface area contributed by atoms with Crippen molar-refractivity contribution in [3.63, 3.8) is 0 Å². The van der Waals surface area contributed by atoms with Crippen LogP contribution in [-0.2, 0) is 25.4 Å². The van der Waals surface area contributed by atoms with E-state index in [1.807, 2.05) is 0 Å². The lowest BCUT2D eigenvalue weighted by Crippen LogP contribution is -2.48. The molecule has 1 aromatic heterocycles. The standard InChI is InChI=1S/C13H19N3O3/c1-14-7-10(11(17)15(2)12(14)18)8-16-5-6-19-9-13(16)3-4-13/h7H,3-6,8-9H2,1-2H3. The van der Waals surface area contributed by atoms with Gasteiger partial charge in [-0.1, -0.05) is 0 Å². The highest BCUT2D eigenvalue weighted by molar-refractivity contribution is 5.11. The molecule has 0 unspecified atom stereocenters. The van der Waals surface area contributed by atoms with Gasteiger partial charge in [-0.2, -0.15) is 0 Å². The second-order valence-electron chi connectivity index (χ2n) is 5.61. The van der Waals surface area contributed by atoms with E-state index in [-0.39, 0.29) is 16.8 Å². The minimum atomic E-state index is -0.281. The van der Waals surface area contributed by atoms with E-state index in [1.54, 1.807) is 13.2 Å². The zero-order valence-corrected chi connectivity index (χ0v) is 11.4. The molecule has 1 aliphatic heterocycles. The second kappa shape index (κ2) is 4.31. The van der Waals surface area contributed by atoms with Gasteiger partial charge in [0.2, 0.25) is 0 Å². The van der Waals surface area contributed by atoms with Crippen molar-refractivity contribution in [1.82, 2.24) is 14.0 Å². The molecule has 1 saturated carbocycles. The van der Waals surface area contributed by atoms with Crippen LogP contribution in [0.3, 0.4) is 0 Å². The van der Waals surface area contributed by atoms with E-state index in [4.69, 9.17) is 4.74 Å². The summed E-state index contributed by atoms with van der Waals surface area (Å²) in [6.45, 7) is 2.93. The monoisotopic (exact) mass is 265 g/mol. The highest BCUT2D eigenvalue weighted by Crippen LogP contribution is 2.43. The van der Waals surface area contributed by atoms with Crippen LogP contribution in [-0.4, -0.2) is 39.3 Å². The van der Waals surface area contributed by atoms with E-state index in [1.165, 1.54) is 16.2 Å². The van der Waals surface area contributed by atoms with E-state index < -0.39 is 0 Å². The Morgan fingerprint density at radius 1 is 1.32 bits per heavy atom. The lowest BCUT2D eigenvalue weighted by Gasteiger charge is -2.35. The molecule has 1 aromatic rings. The maximum Gasteiger partial charge on any atom is 0.330 e. The first kappa shape index (κ1) is 12.6. The highest BCUT2D eigenvalue weighted by atomic mass is 16.5. The van der Waals surface area contributed by atoms with Crippen molar-refractivity contribution in [3.8, 4) is 0 Å². The van der Waals surface area contributed by atoms with Gasteiger partial charge < -0.3 is 9.30 Å². The Hall–Kier alpha value is -1.40. The summed E-state index contributed by atoms with van der Waals surface area (Å²) >= 11 is 0. The summed E-state index contributed by atoms with van der Waals surface area (Å²) in [5.74, 6) is 0. The molecular formula is C13H19N3O3. The molecule has 0 radical (unpaired) electrons. The van der Waals surface area contributed by atoms with Gasteiger partial charge >= 0.3 is 5.69 Å². The largest absolute Gasteiger partial charge is 0.378 e. The lowest BCUT2D eigenvalue weighted by atomic mass is 10.1. The SMILES string of the molecule is Cn1cc(CN2CCOCC23CC3)c(=O)n(C)c1=O. The van der Waals surface area contributed by atoms with Crippen LogP contribution in [0.1, 0.15) is 18.4 Å². The summed E-state index contributed by atoms with van der Waals surface area (Å²) in [5.41, 5.74) is 0.359. The molecular weight excluding hydrogens is 246 g/mol. The predicted molar refractivity (Wildman–Crippen MR) is 70.1 cm³/mol. The first-order valence-corrected chi connectivity index (χ1v) is 6.62. The third-order valence-electron chi connectivity index (χ3n) is 4.25. The fourth-order valence-corrected chi connectivity index (χ4v) is 2.81. The smallest absolute Gasteiger partial charge is 0.330 e. The first-order chi connectivity index (χ1) is 9.03. The number of nitrogens with zero attached hydrogens (tertiary/aromatic N) is 3. The van der Waals surface area contributed by atoms with Gasteiger partial charge in [0.25, 0.3) is 5.56 Å². The molecule has 1 saturated heterocycles. The van der Waals surface area contributed by atoms with Crippen LogP contribution in [0.4, 0.5) is 0 Å². The zero-order chi connectivity index (χ0) is 13.6. The Bertz CT molecular complexity index is 613. The summed E-state index contributed by atoms with van der Waals surface area (Å²) in [6.07, 6.45) is 3.94. The third-order valence-corrected chi connectivity index (χ3v) is 4.25. The van der Waals surface area contributed by atoms with Gasteiger partial charge in [-0.15, -0.1) is 0 Å². The van der Waals surface area contributed by atoms with Crippen molar-refractivity contribution >= 4 is 0 Å². The summed E-state index contributed by atoms with van der Waals surface area (Å²) in [4.78, 5) is 26.1. The molecule has 2 heterocycles. The topological polar surface area (TPSA) is 56.5 Å². The minimum absolute atomic E-state index is 0.151. The van der Waals surface area contributed by atoms with E-state index in [0.29, 0.717) is 18.7 Å². The lowest BCUT2D eigenvalue weighted by molar-refractivity contribution is -0.0247. The number of ether oxygens (including phenoxy) is 1. The van der Waals surface area contributed by atoms with Crippen molar-refractivity contribution in [2.75, 3.05) is 19.8 Å². The average molecular weight is 265 g/mol. The highest BCUT2D eigenvalue weighted by Gasteiger charge is 2.49. The Kier molecular flexibility index (Phi) is 2.87. The molecule has 0 bridgehead atoms. The zero-order valence-electron chi connectivity index (χ0n) is 11.4. The van der Waals surface area contributed by atoms with Crippen LogP contribution >= 0.6 is 0 Å². The number of aromatic nitrogens is 2. The van der Waals surface area contributed by atoms with Crippen LogP contribution < -0.4 is 11.2 Å². The van der Waals surface area contributed by atoms with Crippen LogP contribution in [0, 0.1) is 0 Å². The third kappa shape index (κ3) is 2.04. The average Bonchev–Trinajstić information content (AvgIpc) is 3.16. The van der Waals surface area contributed by atoms with Crippen LogP contribution in [0.5, 0.6) is 0 Å². The second-order valence-corrected chi connectivity index (χ2v) is 5.61. The Morgan fingerprint density at radius 2 is 2.05 bits per heavy atom. The summed E-state index contributed by atoms with van der Waals surface area (Å²) < 4.78 is 8.18. The first-order valence-electron chi connectivity index (χ1n) is 6.62. The van der Waals surface area contributed by atoms with Gasteiger partial charge in [0.1, 0.15) is 0 Å². The number of hydrogen-bond donors (Lipinski definition) is 0. The summed E-state index contributed by atoms with van der Waals surface area (Å²) in [5, 5.41) is 0. The van der Waals surface area contributed by atoms with Gasteiger partial charge in [-0.25, -0.2) is 4.79 Å². The molecule has 0 atom stereocenters. The van der Waals surface area contributed by atoms with Crippen LogP contribution in [0.15, 0.2) is 15.8 Å². The number of aryl methyl sites for hydroxylation is 1.